The number of nitrogens with one attached hydrogen (secondary N) is 1. The van der Waals surface area contributed by atoms with Gasteiger partial charge >= 0.3 is 0 Å². The summed E-state index contributed by atoms with van der Waals surface area (Å²) >= 11 is 0. The Bertz CT molecular complexity index is 813. The van der Waals surface area contributed by atoms with Crippen molar-refractivity contribution in [3.05, 3.63) is 41.6 Å². The van der Waals surface area contributed by atoms with E-state index >= 15 is 0 Å². The molecule has 0 bridgehead atoms. The molecule has 0 saturated heterocycles. The van der Waals surface area contributed by atoms with Crippen LogP contribution in [-0.2, 0) is 17.1 Å². The number of aliphatic hydroxyl groups excluding tert-OH is 1. The van der Waals surface area contributed by atoms with E-state index in [1.165, 1.54) is 16.9 Å². The topological polar surface area (TPSA) is 84.2 Å². The first-order valence-electron chi connectivity index (χ1n) is 6.14. The largest absolute Gasteiger partial charge is 0.384 e. The Hall–Kier alpha value is -2.30. The zero-order valence-corrected chi connectivity index (χ0v) is 12.5. The van der Waals surface area contributed by atoms with Gasteiger partial charge in [-0.05, 0) is 36.8 Å². The third kappa shape index (κ3) is 3.62. The van der Waals surface area contributed by atoms with Crippen molar-refractivity contribution in [3.8, 4) is 11.8 Å². The molecule has 0 aliphatic heterocycles. The number of anilines is 1. The fourth-order valence-electron chi connectivity index (χ4n) is 1.89. The summed E-state index contributed by atoms with van der Waals surface area (Å²) in [5, 5.41) is 12.6. The van der Waals surface area contributed by atoms with Crippen LogP contribution in [0.1, 0.15) is 11.1 Å². The van der Waals surface area contributed by atoms with Crippen molar-refractivity contribution in [3.63, 3.8) is 0 Å². The summed E-state index contributed by atoms with van der Waals surface area (Å²) in [6, 6.07) is 6.55. The smallest absolute Gasteiger partial charge is 0.279 e. The van der Waals surface area contributed by atoms with Gasteiger partial charge in [-0.2, -0.15) is 13.5 Å². The Morgan fingerprint density at radius 1 is 1.38 bits per heavy atom. The van der Waals surface area contributed by atoms with Crippen molar-refractivity contribution in [2.24, 2.45) is 7.05 Å². The molecule has 0 aliphatic rings. The maximum Gasteiger partial charge on any atom is 0.279 e. The minimum Gasteiger partial charge on any atom is -0.384 e. The monoisotopic (exact) mass is 305 g/mol. The standard InChI is InChI=1S/C14H15N3O3S/c1-11-8-12(4-3-7-18)10-13(9-11)16-21(19,20)14-5-6-15-17(14)2/h5-6,8-10,16,18H,7H2,1-2H3. The molecule has 0 aliphatic carbocycles. The molecule has 0 amide bonds. The van der Waals surface area contributed by atoms with Gasteiger partial charge in [0.25, 0.3) is 10.0 Å². The van der Waals surface area contributed by atoms with Crippen LogP contribution < -0.4 is 4.72 Å². The normalized spacial score (nSPS) is 10.8. The molecule has 1 heterocycles. The SMILES string of the molecule is Cc1cc(C#CCO)cc(NS(=O)(=O)c2ccnn2C)c1. The lowest BCUT2D eigenvalue weighted by Gasteiger charge is -2.09. The highest BCUT2D eigenvalue weighted by Crippen LogP contribution is 2.18. The van der Waals surface area contributed by atoms with Crippen molar-refractivity contribution in [1.82, 2.24) is 9.78 Å². The van der Waals surface area contributed by atoms with E-state index in [1.807, 2.05) is 13.0 Å². The summed E-state index contributed by atoms with van der Waals surface area (Å²) in [4.78, 5) is 0. The Morgan fingerprint density at radius 3 is 2.76 bits per heavy atom. The lowest BCUT2D eigenvalue weighted by molar-refractivity contribution is 0.350. The van der Waals surface area contributed by atoms with E-state index in [0.29, 0.717) is 11.3 Å². The second-order valence-corrected chi connectivity index (χ2v) is 6.08. The first kappa shape index (κ1) is 15.1. The molecule has 0 saturated carbocycles. The average Bonchev–Trinajstić information content (AvgIpc) is 2.82. The highest BCUT2D eigenvalue weighted by Gasteiger charge is 2.18. The van der Waals surface area contributed by atoms with Crippen molar-refractivity contribution in [2.45, 2.75) is 11.9 Å². The van der Waals surface area contributed by atoms with Gasteiger partial charge in [-0.1, -0.05) is 11.8 Å². The number of hydrogen-bond acceptors (Lipinski definition) is 4. The van der Waals surface area contributed by atoms with Gasteiger partial charge in [-0.15, -0.1) is 0 Å². The number of benzene rings is 1. The molecular formula is C14H15N3O3S. The number of aliphatic hydroxyl groups is 1. The lowest BCUT2D eigenvalue weighted by atomic mass is 10.1. The molecule has 0 fully saturated rings. The van der Waals surface area contributed by atoms with Crippen molar-refractivity contribution in [1.29, 1.82) is 0 Å². The van der Waals surface area contributed by atoms with Crippen LogP contribution in [0.25, 0.3) is 0 Å². The summed E-state index contributed by atoms with van der Waals surface area (Å²) in [5.74, 6) is 5.29. The van der Waals surface area contributed by atoms with E-state index in [4.69, 9.17) is 5.11 Å². The zero-order chi connectivity index (χ0) is 15.5. The number of nitrogens with zero attached hydrogens (tertiary/aromatic N) is 2. The average molecular weight is 305 g/mol. The van der Waals surface area contributed by atoms with Gasteiger partial charge in [0, 0.05) is 12.6 Å². The van der Waals surface area contributed by atoms with E-state index in [1.54, 1.807) is 19.2 Å². The lowest BCUT2D eigenvalue weighted by Crippen LogP contribution is -2.16. The summed E-state index contributed by atoms with van der Waals surface area (Å²) in [6.07, 6.45) is 1.42. The minimum atomic E-state index is -3.70. The maximum atomic E-state index is 12.3. The van der Waals surface area contributed by atoms with Crippen molar-refractivity contribution in [2.75, 3.05) is 11.3 Å². The molecule has 0 atom stereocenters. The van der Waals surface area contributed by atoms with E-state index in [-0.39, 0.29) is 11.6 Å². The highest BCUT2D eigenvalue weighted by atomic mass is 32.2. The Balaban J connectivity index is 2.36. The molecule has 21 heavy (non-hydrogen) atoms. The predicted octanol–water partition coefficient (Wildman–Crippen LogP) is 0.873. The molecule has 0 unspecified atom stereocenters. The van der Waals surface area contributed by atoms with Gasteiger partial charge in [0.1, 0.15) is 6.61 Å². The van der Waals surface area contributed by atoms with E-state index in [9.17, 15) is 8.42 Å². The van der Waals surface area contributed by atoms with Crippen LogP contribution >= 0.6 is 0 Å². The summed E-state index contributed by atoms with van der Waals surface area (Å²) in [7, 11) is -2.14. The number of aromatic nitrogens is 2. The first-order chi connectivity index (χ1) is 9.92. The van der Waals surface area contributed by atoms with Gasteiger partial charge in [0.2, 0.25) is 0 Å². The molecule has 6 nitrogen and oxygen atoms in total. The molecule has 2 rings (SSSR count). The number of aryl methyl sites for hydroxylation is 2. The van der Waals surface area contributed by atoms with E-state index in [0.717, 1.165) is 5.56 Å². The fourth-order valence-corrected chi connectivity index (χ4v) is 3.06. The van der Waals surface area contributed by atoms with Crippen LogP contribution in [0.5, 0.6) is 0 Å². The van der Waals surface area contributed by atoms with Gasteiger partial charge in [-0.3, -0.25) is 9.40 Å². The number of sulfonamides is 1. The second-order valence-electron chi connectivity index (χ2n) is 4.45. The summed E-state index contributed by atoms with van der Waals surface area (Å²) in [5.41, 5.74) is 1.91. The van der Waals surface area contributed by atoms with E-state index < -0.39 is 10.0 Å². The minimum absolute atomic E-state index is 0.0759. The van der Waals surface area contributed by atoms with Crippen LogP contribution in [0.15, 0.2) is 35.5 Å². The third-order valence-electron chi connectivity index (χ3n) is 2.69. The molecule has 2 aromatic rings. The molecule has 0 radical (unpaired) electrons. The van der Waals surface area contributed by atoms with Gasteiger partial charge in [0.05, 0.1) is 11.9 Å². The Kier molecular flexibility index (Phi) is 4.31. The van der Waals surface area contributed by atoms with Gasteiger partial charge in [0.15, 0.2) is 5.03 Å². The summed E-state index contributed by atoms with van der Waals surface area (Å²) in [6.45, 7) is 1.59. The Labute approximate surface area is 123 Å². The number of hydrogen-bond donors (Lipinski definition) is 2. The molecule has 110 valence electrons. The highest BCUT2D eigenvalue weighted by molar-refractivity contribution is 7.92. The van der Waals surface area contributed by atoms with Crippen LogP contribution in [0.2, 0.25) is 0 Å². The van der Waals surface area contributed by atoms with Gasteiger partial charge < -0.3 is 5.11 Å². The molecule has 2 N–H and O–H groups in total. The third-order valence-corrected chi connectivity index (χ3v) is 4.15. The van der Waals surface area contributed by atoms with Crippen molar-refractivity contribution < 1.29 is 13.5 Å². The number of rotatable bonds is 3. The predicted molar refractivity (Wildman–Crippen MR) is 79.2 cm³/mol. The van der Waals surface area contributed by atoms with Crippen LogP contribution in [0.4, 0.5) is 5.69 Å². The first-order valence-corrected chi connectivity index (χ1v) is 7.63. The molecule has 0 spiro atoms. The van der Waals surface area contributed by atoms with Gasteiger partial charge in [-0.25, -0.2) is 0 Å². The molecular weight excluding hydrogens is 290 g/mol. The zero-order valence-electron chi connectivity index (χ0n) is 11.7. The van der Waals surface area contributed by atoms with Crippen LogP contribution in [0.3, 0.4) is 0 Å². The van der Waals surface area contributed by atoms with Crippen LogP contribution in [0, 0.1) is 18.8 Å². The maximum absolute atomic E-state index is 12.3. The summed E-state index contributed by atoms with van der Waals surface area (Å²) < 4.78 is 28.3. The molecule has 1 aromatic heterocycles. The Morgan fingerprint density at radius 2 is 2.14 bits per heavy atom. The van der Waals surface area contributed by atoms with Crippen LogP contribution in [-0.4, -0.2) is 29.9 Å². The quantitative estimate of drug-likeness (QED) is 0.824. The molecule has 7 heteroatoms. The van der Waals surface area contributed by atoms with Crippen molar-refractivity contribution >= 4 is 15.7 Å². The second kappa shape index (κ2) is 5.99. The van der Waals surface area contributed by atoms with E-state index in [2.05, 4.69) is 21.7 Å². The fraction of sp³-hybridized carbons (Fsp3) is 0.214. The molecule has 1 aromatic carbocycles.